The van der Waals surface area contributed by atoms with Crippen LogP contribution in [-0.4, -0.2) is 29.6 Å². The van der Waals surface area contributed by atoms with Gasteiger partial charge in [-0.05, 0) is 25.5 Å². The van der Waals surface area contributed by atoms with Crippen molar-refractivity contribution in [3.63, 3.8) is 0 Å². The molecule has 2 atom stereocenters. The fourth-order valence-electron chi connectivity index (χ4n) is 0.945. The van der Waals surface area contributed by atoms with Crippen LogP contribution in [0.15, 0.2) is 0 Å². The average Bonchev–Trinajstić information content (AvgIpc) is 2.17. The molecule has 0 amide bonds. The van der Waals surface area contributed by atoms with Crippen LogP contribution in [0.2, 0.25) is 0 Å². The molecule has 0 heterocycles. The van der Waals surface area contributed by atoms with Gasteiger partial charge < -0.3 is 10.5 Å². The van der Waals surface area contributed by atoms with Gasteiger partial charge in [0, 0.05) is 5.75 Å². The smallest absolute Gasteiger partial charge is 0.326 e. The number of rotatable bonds is 7. The molecular formula is C11H23NO2S. The summed E-state index contributed by atoms with van der Waals surface area (Å²) < 4.78 is 4.91. The van der Waals surface area contributed by atoms with Crippen molar-refractivity contribution in [1.29, 1.82) is 0 Å². The molecule has 0 aromatic carbocycles. The summed E-state index contributed by atoms with van der Waals surface area (Å²) in [4.78, 5) is 11.4. The van der Waals surface area contributed by atoms with Crippen LogP contribution in [0.25, 0.3) is 0 Å². The van der Waals surface area contributed by atoms with E-state index in [2.05, 4.69) is 13.8 Å². The zero-order valence-corrected chi connectivity index (χ0v) is 11.0. The lowest BCUT2D eigenvalue weighted by Crippen LogP contribution is -2.48. The number of esters is 1. The molecular weight excluding hydrogens is 210 g/mol. The number of hydrogen-bond acceptors (Lipinski definition) is 4. The molecule has 0 aromatic heterocycles. The summed E-state index contributed by atoms with van der Waals surface area (Å²) in [7, 11) is 0. The van der Waals surface area contributed by atoms with Crippen LogP contribution in [0, 0.1) is 5.92 Å². The molecule has 0 aliphatic heterocycles. The first-order valence-corrected chi connectivity index (χ1v) is 6.63. The quantitative estimate of drug-likeness (QED) is 0.684. The zero-order valence-electron chi connectivity index (χ0n) is 10.2. The third-order valence-electron chi connectivity index (χ3n) is 2.24. The lowest BCUT2D eigenvalue weighted by molar-refractivity contribution is -0.148. The lowest BCUT2D eigenvalue weighted by Gasteiger charge is -2.22. The molecule has 0 spiro atoms. The Morgan fingerprint density at radius 2 is 2.13 bits per heavy atom. The van der Waals surface area contributed by atoms with E-state index >= 15 is 0 Å². The molecule has 0 bridgehead atoms. The summed E-state index contributed by atoms with van der Waals surface area (Å²) >= 11 is 1.72. The minimum Gasteiger partial charge on any atom is -0.465 e. The van der Waals surface area contributed by atoms with Gasteiger partial charge in [0.1, 0.15) is 5.54 Å². The normalized spacial score (nSPS) is 16.9. The van der Waals surface area contributed by atoms with E-state index in [1.54, 1.807) is 25.6 Å². The Bertz CT molecular complexity index is 195. The first-order valence-electron chi connectivity index (χ1n) is 5.47. The van der Waals surface area contributed by atoms with E-state index in [1.807, 2.05) is 0 Å². The van der Waals surface area contributed by atoms with Crippen molar-refractivity contribution in [2.24, 2.45) is 11.7 Å². The molecule has 15 heavy (non-hydrogen) atoms. The SMILES string of the molecule is CCOC(=O)C(C)(N)CSCC(C)CC. The number of nitrogens with two attached hydrogens (primary N) is 1. The van der Waals surface area contributed by atoms with E-state index in [9.17, 15) is 4.79 Å². The number of carbonyl (C=O) groups excluding carboxylic acids is 1. The molecule has 0 aliphatic rings. The highest BCUT2D eigenvalue weighted by molar-refractivity contribution is 7.99. The maximum atomic E-state index is 11.4. The largest absolute Gasteiger partial charge is 0.465 e. The van der Waals surface area contributed by atoms with E-state index in [4.69, 9.17) is 10.5 Å². The first kappa shape index (κ1) is 14.8. The second-order valence-corrected chi connectivity index (χ2v) is 5.20. The maximum Gasteiger partial charge on any atom is 0.326 e. The minimum absolute atomic E-state index is 0.304. The van der Waals surface area contributed by atoms with Crippen LogP contribution in [0.1, 0.15) is 34.1 Å². The van der Waals surface area contributed by atoms with E-state index in [1.165, 1.54) is 0 Å². The van der Waals surface area contributed by atoms with E-state index < -0.39 is 5.54 Å². The summed E-state index contributed by atoms with van der Waals surface area (Å²) in [5.74, 6) is 2.04. The molecule has 0 rings (SSSR count). The molecule has 2 unspecified atom stereocenters. The Kier molecular flexibility index (Phi) is 7.02. The third kappa shape index (κ3) is 6.05. The standard InChI is InChI=1S/C11H23NO2S/c1-5-9(3)7-15-8-11(4,12)10(13)14-6-2/h9H,5-8,12H2,1-4H3. The summed E-state index contributed by atoms with van der Waals surface area (Å²) in [6, 6.07) is 0. The van der Waals surface area contributed by atoms with Crippen molar-refractivity contribution >= 4 is 17.7 Å². The summed E-state index contributed by atoms with van der Waals surface area (Å²) in [5.41, 5.74) is 5.03. The molecule has 2 N–H and O–H groups in total. The van der Waals surface area contributed by atoms with E-state index in [-0.39, 0.29) is 5.97 Å². The average molecular weight is 233 g/mol. The highest BCUT2D eigenvalue weighted by Crippen LogP contribution is 2.17. The second kappa shape index (κ2) is 7.12. The fourth-order valence-corrected chi connectivity index (χ4v) is 2.24. The van der Waals surface area contributed by atoms with E-state index in [0.717, 1.165) is 12.2 Å². The van der Waals surface area contributed by atoms with Crippen LogP contribution in [0.3, 0.4) is 0 Å². The molecule has 4 heteroatoms. The topological polar surface area (TPSA) is 52.3 Å². The lowest BCUT2D eigenvalue weighted by atomic mass is 10.1. The van der Waals surface area contributed by atoms with Gasteiger partial charge in [-0.3, -0.25) is 4.79 Å². The number of hydrogen-bond donors (Lipinski definition) is 1. The monoisotopic (exact) mass is 233 g/mol. The van der Waals surface area contributed by atoms with Gasteiger partial charge in [0.2, 0.25) is 0 Å². The Hall–Kier alpha value is -0.220. The van der Waals surface area contributed by atoms with Gasteiger partial charge in [-0.15, -0.1) is 0 Å². The molecule has 0 saturated heterocycles. The number of thioether (sulfide) groups is 1. The Labute approximate surface area is 97.1 Å². The van der Waals surface area contributed by atoms with Crippen molar-refractivity contribution in [2.45, 2.75) is 39.7 Å². The van der Waals surface area contributed by atoms with Crippen molar-refractivity contribution in [1.82, 2.24) is 0 Å². The summed E-state index contributed by atoms with van der Waals surface area (Å²) in [5, 5.41) is 0. The highest BCUT2D eigenvalue weighted by Gasteiger charge is 2.29. The van der Waals surface area contributed by atoms with Crippen LogP contribution in [0.5, 0.6) is 0 Å². The van der Waals surface area contributed by atoms with Crippen LogP contribution in [0.4, 0.5) is 0 Å². The molecule has 0 radical (unpaired) electrons. The van der Waals surface area contributed by atoms with Crippen LogP contribution < -0.4 is 5.73 Å². The van der Waals surface area contributed by atoms with Crippen LogP contribution in [-0.2, 0) is 9.53 Å². The molecule has 0 fully saturated rings. The number of ether oxygens (including phenoxy) is 1. The Morgan fingerprint density at radius 1 is 1.53 bits per heavy atom. The first-order chi connectivity index (χ1) is 6.94. The van der Waals surface area contributed by atoms with Gasteiger partial charge in [0.05, 0.1) is 6.61 Å². The highest BCUT2D eigenvalue weighted by atomic mass is 32.2. The summed E-state index contributed by atoms with van der Waals surface area (Å²) in [6.07, 6.45) is 1.16. The van der Waals surface area contributed by atoms with Crippen molar-refractivity contribution in [2.75, 3.05) is 18.1 Å². The molecule has 0 aromatic rings. The van der Waals surface area contributed by atoms with Gasteiger partial charge in [-0.25, -0.2) is 0 Å². The van der Waals surface area contributed by atoms with Gasteiger partial charge in [0.25, 0.3) is 0 Å². The molecule has 3 nitrogen and oxygen atoms in total. The van der Waals surface area contributed by atoms with Crippen molar-refractivity contribution < 1.29 is 9.53 Å². The Balaban J connectivity index is 3.87. The Morgan fingerprint density at radius 3 is 2.60 bits per heavy atom. The zero-order chi connectivity index (χ0) is 11.9. The number of carbonyl (C=O) groups is 1. The van der Waals surface area contributed by atoms with Crippen molar-refractivity contribution in [3.8, 4) is 0 Å². The second-order valence-electron chi connectivity index (χ2n) is 4.17. The van der Waals surface area contributed by atoms with Crippen molar-refractivity contribution in [3.05, 3.63) is 0 Å². The van der Waals surface area contributed by atoms with Gasteiger partial charge in [-0.1, -0.05) is 20.3 Å². The third-order valence-corrected chi connectivity index (χ3v) is 3.85. The summed E-state index contributed by atoms with van der Waals surface area (Å²) in [6.45, 7) is 8.28. The minimum atomic E-state index is -0.853. The predicted octanol–water partition coefficient (Wildman–Crippen LogP) is 2.05. The van der Waals surface area contributed by atoms with E-state index in [0.29, 0.717) is 18.3 Å². The van der Waals surface area contributed by atoms with Crippen LogP contribution >= 0.6 is 11.8 Å². The molecule has 90 valence electrons. The molecule has 0 saturated carbocycles. The molecule has 0 aliphatic carbocycles. The van der Waals surface area contributed by atoms with Gasteiger partial charge >= 0.3 is 5.97 Å². The fraction of sp³-hybridized carbons (Fsp3) is 0.909. The predicted molar refractivity (Wildman–Crippen MR) is 66.0 cm³/mol. The van der Waals surface area contributed by atoms with Gasteiger partial charge in [-0.2, -0.15) is 11.8 Å². The maximum absolute atomic E-state index is 11.4. The van der Waals surface area contributed by atoms with Gasteiger partial charge in [0.15, 0.2) is 0 Å².